The lowest BCUT2D eigenvalue weighted by molar-refractivity contribution is -0.124. The number of carbonyl (C=O) groups excluding carboxylic acids is 1. The first-order chi connectivity index (χ1) is 10.7. The summed E-state index contributed by atoms with van der Waals surface area (Å²) >= 11 is 3.48. The van der Waals surface area contributed by atoms with Crippen molar-refractivity contribution >= 4 is 21.8 Å². The Morgan fingerprint density at radius 2 is 2.00 bits per heavy atom. The molecule has 130 valence electrons. The average Bonchev–Trinajstić information content (AvgIpc) is 2.40. The Morgan fingerprint density at radius 3 is 2.61 bits per heavy atom. The molecule has 1 rings (SSSR count). The molecule has 0 unspecified atom stereocenters. The first-order valence-electron chi connectivity index (χ1n) is 7.75. The van der Waals surface area contributed by atoms with Crippen LogP contribution in [0.5, 0.6) is 5.75 Å². The van der Waals surface area contributed by atoms with Gasteiger partial charge in [-0.3, -0.25) is 4.79 Å². The third-order valence-corrected chi connectivity index (χ3v) is 3.44. The maximum absolute atomic E-state index is 11.9. The highest BCUT2D eigenvalue weighted by atomic mass is 79.9. The van der Waals surface area contributed by atoms with E-state index in [1.165, 1.54) is 0 Å². The quantitative estimate of drug-likeness (QED) is 0.674. The van der Waals surface area contributed by atoms with Crippen LogP contribution in [0.4, 0.5) is 0 Å². The summed E-state index contributed by atoms with van der Waals surface area (Å²) in [5, 5.41) is 6.27. The molecule has 0 spiro atoms. The van der Waals surface area contributed by atoms with Gasteiger partial charge in [-0.15, -0.1) is 0 Å². The van der Waals surface area contributed by atoms with Gasteiger partial charge in [0.25, 0.3) is 5.91 Å². The summed E-state index contributed by atoms with van der Waals surface area (Å²) in [6, 6.07) is 5.82. The molecule has 6 heteroatoms. The topological polar surface area (TPSA) is 53.6 Å². The predicted molar refractivity (Wildman–Crippen MR) is 97.8 cm³/mol. The van der Waals surface area contributed by atoms with Gasteiger partial charge in [0.1, 0.15) is 5.75 Å². The maximum Gasteiger partial charge on any atom is 0.258 e. The molecule has 0 atom stereocenters. The number of likely N-dealkylation sites (N-methyl/N-ethyl adjacent to an activating group) is 1. The normalized spacial score (nSPS) is 11.6. The summed E-state index contributed by atoms with van der Waals surface area (Å²) in [5.41, 5.74) is 0.776. The van der Waals surface area contributed by atoms with Crippen molar-refractivity contribution in [2.24, 2.45) is 0 Å². The molecule has 23 heavy (non-hydrogen) atoms. The van der Waals surface area contributed by atoms with Crippen molar-refractivity contribution in [1.82, 2.24) is 15.5 Å². The minimum absolute atomic E-state index is 0.0175. The number of amides is 1. The second-order valence-corrected chi connectivity index (χ2v) is 7.73. The molecule has 0 saturated heterocycles. The number of rotatable bonds is 8. The minimum Gasteiger partial charge on any atom is -0.483 e. The van der Waals surface area contributed by atoms with Gasteiger partial charge in [0, 0.05) is 35.2 Å². The SMILES string of the molecule is CN(C)CCNCc1cc(Br)ccc1OCC(=O)NC(C)(C)C. The number of hydrogen-bond acceptors (Lipinski definition) is 4. The third kappa shape index (κ3) is 8.93. The predicted octanol–water partition coefficient (Wildman–Crippen LogP) is 2.39. The molecule has 2 N–H and O–H groups in total. The Bertz CT molecular complexity index is 513. The van der Waals surface area contributed by atoms with Crippen LogP contribution < -0.4 is 15.4 Å². The standard InChI is InChI=1S/C17H28BrN3O2/c1-17(2,3)20-16(22)12-23-15-7-6-14(18)10-13(15)11-19-8-9-21(4)5/h6-7,10,19H,8-9,11-12H2,1-5H3,(H,20,22). The Hall–Kier alpha value is -1.11. The van der Waals surface area contributed by atoms with Gasteiger partial charge in [-0.05, 0) is 53.1 Å². The van der Waals surface area contributed by atoms with E-state index in [1.807, 2.05) is 53.1 Å². The Morgan fingerprint density at radius 1 is 1.30 bits per heavy atom. The van der Waals surface area contributed by atoms with Crippen molar-refractivity contribution in [2.75, 3.05) is 33.8 Å². The lowest BCUT2D eigenvalue weighted by Crippen LogP contribution is -2.43. The molecule has 0 aromatic heterocycles. The molecule has 0 fully saturated rings. The van der Waals surface area contributed by atoms with Crippen LogP contribution in [0, 0.1) is 0 Å². The smallest absolute Gasteiger partial charge is 0.258 e. The summed E-state index contributed by atoms with van der Waals surface area (Å²) in [6.07, 6.45) is 0. The number of hydrogen-bond donors (Lipinski definition) is 2. The van der Waals surface area contributed by atoms with Gasteiger partial charge in [0.2, 0.25) is 0 Å². The molecule has 0 aliphatic heterocycles. The lowest BCUT2D eigenvalue weighted by Gasteiger charge is -2.21. The number of nitrogens with one attached hydrogen (secondary N) is 2. The van der Waals surface area contributed by atoms with E-state index in [0.717, 1.165) is 28.9 Å². The molecule has 5 nitrogen and oxygen atoms in total. The molecular formula is C17H28BrN3O2. The highest BCUT2D eigenvalue weighted by Crippen LogP contribution is 2.23. The van der Waals surface area contributed by atoms with Crippen LogP contribution in [0.2, 0.25) is 0 Å². The van der Waals surface area contributed by atoms with Crippen LogP contribution in [0.15, 0.2) is 22.7 Å². The fraction of sp³-hybridized carbons (Fsp3) is 0.588. The summed E-state index contributed by atoms with van der Waals surface area (Å²) in [7, 11) is 4.09. The second kappa shape index (κ2) is 9.25. The van der Waals surface area contributed by atoms with E-state index in [4.69, 9.17) is 4.74 Å². The summed E-state index contributed by atoms with van der Waals surface area (Å²) in [4.78, 5) is 14.0. The molecule has 0 bridgehead atoms. The van der Waals surface area contributed by atoms with E-state index in [1.54, 1.807) is 0 Å². The molecule has 0 aliphatic rings. The van der Waals surface area contributed by atoms with Gasteiger partial charge in [-0.1, -0.05) is 15.9 Å². The first kappa shape index (κ1) is 19.9. The molecule has 0 radical (unpaired) electrons. The van der Waals surface area contributed by atoms with Crippen molar-refractivity contribution in [2.45, 2.75) is 32.9 Å². The van der Waals surface area contributed by atoms with E-state index in [0.29, 0.717) is 6.54 Å². The molecule has 0 aliphatic carbocycles. The minimum atomic E-state index is -0.253. The van der Waals surface area contributed by atoms with Crippen molar-refractivity contribution in [3.05, 3.63) is 28.2 Å². The van der Waals surface area contributed by atoms with Crippen LogP contribution in [0.25, 0.3) is 0 Å². The van der Waals surface area contributed by atoms with Crippen molar-refractivity contribution in [1.29, 1.82) is 0 Å². The number of nitrogens with zero attached hydrogens (tertiary/aromatic N) is 1. The van der Waals surface area contributed by atoms with Crippen molar-refractivity contribution in [3.8, 4) is 5.75 Å². The van der Waals surface area contributed by atoms with Crippen LogP contribution in [0.1, 0.15) is 26.3 Å². The molecule has 1 aromatic carbocycles. The fourth-order valence-electron chi connectivity index (χ4n) is 1.95. The van der Waals surface area contributed by atoms with Gasteiger partial charge >= 0.3 is 0 Å². The number of ether oxygens (including phenoxy) is 1. The van der Waals surface area contributed by atoms with Crippen LogP contribution in [-0.2, 0) is 11.3 Å². The second-order valence-electron chi connectivity index (χ2n) is 6.82. The molecule has 0 heterocycles. The van der Waals surface area contributed by atoms with Gasteiger partial charge in [-0.2, -0.15) is 0 Å². The highest BCUT2D eigenvalue weighted by molar-refractivity contribution is 9.10. The highest BCUT2D eigenvalue weighted by Gasteiger charge is 2.14. The number of benzene rings is 1. The molecule has 1 aromatic rings. The van der Waals surface area contributed by atoms with E-state index in [-0.39, 0.29) is 18.1 Å². The molecule has 1 amide bonds. The van der Waals surface area contributed by atoms with Crippen molar-refractivity contribution < 1.29 is 9.53 Å². The summed E-state index contributed by atoms with van der Waals surface area (Å²) in [6.45, 7) is 8.43. The third-order valence-electron chi connectivity index (χ3n) is 2.95. The molecular weight excluding hydrogens is 358 g/mol. The van der Waals surface area contributed by atoms with Crippen LogP contribution in [-0.4, -0.2) is 50.1 Å². The average molecular weight is 386 g/mol. The zero-order chi connectivity index (χ0) is 17.5. The maximum atomic E-state index is 11.9. The molecule has 0 saturated carbocycles. The Balaban J connectivity index is 2.58. The van der Waals surface area contributed by atoms with E-state index in [2.05, 4.69) is 31.5 Å². The zero-order valence-electron chi connectivity index (χ0n) is 14.7. The number of halogens is 1. The first-order valence-corrected chi connectivity index (χ1v) is 8.54. The zero-order valence-corrected chi connectivity index (χ0v) is 16.3. The van der Waals surface area contributed by atoms with Crippen molar-refractivity contribution in [3.63, 3.8) is 0 Å². The van der Waals surface area contributed by atoms with Crippen LogP contribution >= 0.6 is 15.9 Å². The Labute approximate surface area is 147 Å². The van der Waals surface area contributed by atoms with Gasteiger partial charge < -0.3 is 20.3 Å². The Kier molecular flexibility index (Phi) is 8.02. The fourth-order valence-corrected chi connectivity index (χ4v) is 2.36. The lowest BCUT2D eigenvalue weighted by atomic mass is 10.1. The van der Waals surface area contributed by atoms with E-state index >= 15 is 0 Å². The monoisotopic (exact) mass is 385 g/mol. The number of carbonyl (C=O) groups is 1. The summed E-state index contributed by atoms with van der Waals surface area (Å²) < 4.78 is 6.69. The van der Waals surface area contributed by atoms with Crippen LogP contribution in [0.3, 0.4) is 0 Å². The van der Waals surface area contributed by atoms with Gasteiger partial charge in [-0.25, -0.2) is 0 Å². The van der Waals surface area contributed by atoms with Gasteiger partial charge in [0.05, 0.1) is 0 Å². The summed E-state index contributed by atoms with van der Waals surface area (Å²) in [5.74, 6) is 0.613. The van der Waals surface area contributed by atoms with Gasteiger partial charge in [0.15, 0.2) is 6.61 Å². The largest absolute Gasteiger partial charge is 0.483 e. The van der Waals surface area contributed by atoms with E-state index < -0.39 is 0 Å². The van der Waals surface area contributed by atoms with E-state index in [9.17, 15) is 4.79 Å².